The predicted molar refractivity (Wildman–Crippen MR) is 79.0 cm³/mol. The van der Waals surface area contributed by atoms with E-state index in [4.69, 9.17) is 0 Å². The topological polar surface area (TPSA) is 33.2 Å². The molecule has 0 aliphatic heterocycles. The Kier molecular flexibility index (Phi) is 4.84. The van der Waals surface area contributed by atoms with E-state index in [-0.39, 0.29) is 11.5 Å². The lowest BCUT2D eigenvalue weighted by Gasteiger charge is -2.17. The van der Waals surface area contributed by atoms with Gasteiger partial charge in [-0.05, 0) is 42.3 Å². The average molecular weight is 337 g/mol. The van der Waals surface area contributed by atoms with E-state index in [1.165, 1.54) is 17.0 Å². The number of benzene rings is 1. The second-order valence-corrected chi connectivity index (χ2v) is 5.37. The van der Waals surface area contributed by atoms with Crippen LogP contribution < -0.4 is 0 Å². The van der Waals surface area contributed by atoms with Crippen LogP contribution in [-0.4, -0.2) is 29.4 Å². The van der Waals surface area contributed by atoms with Crippen molar-refractivity contribution in [2.45, 2.75) is 6.42 Å². The van der Waals surface area contributed by atoms with E-state index in [2.05, 4.69) is 20.9 Å². The SMILES string of the molecule is CN(CCc1ccncc1)C(=O)c1cc(Br)ccc1F. The van der Waals surface area contributed by atoms with Crippen molar-refractivity contribution in [3.8, 4) is 0 Å². The summed E-state index contributed by atoms with van der Waals surface area (Å²) in [7, 11) is 1.67. The Labute approximate surface area is 125 Å². The zero-order valence-electron chi connectivity index (χ0n) is 11.0. The summed E-state index contributed by atoms with van der Waals surface area (Å²) in [6, 6.07) is 8.16. The largest absolute Gasteiger partial charge is 0.341 e. The van der Waals surface area contributed by atoms with Crippen molar-refractivity contribution >= 4 is 21.8 Å². The van der Waals surface area contributed by atoms with Crippen molar-refractivity contribution in [1.82, 2.24) is 9.88 Å². The first-order valence-electron chi connectivity index (χ1n) is 6.17. The van der Waals surface area contributed by atoms with Gasteiger partial charge in [-0.25, -0.2) is 4.39 Å². The molecule has 1 aromatic carbocycles. The quantitative estimate of drug-likeness (QED) is 0.858. The molecule has 0 spiro atoms. The predicted octanol–water partition coefficient (Wildman–Crippen LogP) is 3.30. The molecule has 0 fully saturated rings. The Hall–Kier alpha value is -1.75. The van der Waals surface area contributed by atoms with E-state index in [1.54, 1.807) is 25.5 Å². The minimum absolute atomic E-state index is 0.0802. The molecule has 3 nitrogen and oxygen atoms in total. The maximum absolute atomic E-state index is 13.7. The van der Waals surface area contributed by atoms with Crippen molar-refractivity contribution < 1.29 is 9.18 Å². The summed E-state index contributed by atoms with van der Waals surface area (Å²) in [5, 5.41) is 0. The number of rotatable bonds is 4. The van der Waals surface area contributed by atoms with Gasteiger partial charge >= 0.3 is 0 Å². The number of aromatic nitrogens is 1. The van der Waals surface area contributed by atoms with Gasteiger partial charge in [-0.3, -0.25) is 9.78 Å². The number of carbonyl (C=O) groups is 1. The average Bonchev–Trinajstić information content (AvgIpc) is 2.47. The first-order chi connectivity index (χ1) is 9.58. The smallest absolute Gasteiger partial charge is 0.256 e. The highest BCUT2D eigenvalue weighted by atomic mass is 79.9. The third kappa shape index (κ3) is 3.63. The Morgan fingerprint density at radius 2 is 2.00 bits per heavy atom. The van der Waals surface area contributed by atoms with Gasteiger partial charge in [0.1, 0.15) is 5.82 Å². The second-order valence-electron chi connectivity index (χ2n) is 4.46. The Bertz CT molecular complexity index is 604. The number of nitrogens with zero attached hydrogens (tertiary/aromatic N) is 2. The lowest BCUT2D eigenvalue weighted by molar-refractivity contribution is 0.0792. The molecule has 104 valence electrons. The van der Waals surface area contributed by atoms with Crippen molar-refractivity contribution in [1.29, 1.82) is 0 Å². The lowest BCUT2D eigenvalue weighted by atomic mass is 10.1. The molecule has 20 heavy (non-hydrogen) atoms. The van der Waals surface area contributed by atoms with Crippen LogP contribution in [0.15, 0.2) is 47.2 Å². The van der Waals surface area contributed by atoms with Gasteiger partial charge in [0.05, 0.1) is 5.56 Å². The summed E-state index contributed by atoms with van der Waals surface area (Å²) in [5.74, 6) is -0.827. The van der Waals surface area contributed by atoms with Crippen molar-refractivity contribution in [2.24, 2.45) is 0 Å². The zero-order chi connectivity index (χ0) is 14.5. The third-order valence-corrected chi connectivity index (χ3v) is 3.48. The number of pyridine rings is 1. The number of carbonyl (C=O) groups excluding carboxylic acids is 1. The van der Waals surface area contributed by atoms with E-state index in [1.807, 2.05) is 12.1 Å². The number of halogens is 2. The van der Waals surface area contributed by atoms with Crippen LogP contribution in [0.4, 0.5) is 4.39 Å². The summed E-state index contributed by atoms with van der Waals surface area (Å²) in [4.78, 5) is 17.7. The van der Waals surface area contributed by atoms with Gasteiger partial charge < -0.3 is 4.90 Å². The van der Waals surface area contributed by atoms with Gasteiger partial charge in [-0.15, -0.1) is 0 Å². The second kappa shape index (κ2) is 6.61. The van der Waals surface area contributed by atoms with Crippen LogP contribution in [0.3, 0.4) is 0 Å². The van der Waals surface area contributed by atoms with Crippen LogP contribution in [0, 0.1) is 5.82 Å². The van der Waals surface area contributed by atoms with Crippen LogP contribution in [0.5, 0.6) is 0 Å². The van der Waals surface area contributed by atoms with Crippen LogP contribution in [0.1, 0.15) is 15.9 Å². The summed E-state index contributed by atoms with van der Waals surface area (Å²) in [5.41, 5.74) is 1.17. The highest BCUT2D eigenvalue weighted by Gasteiger charge is 2.16. The molecular weight excluding hydrogens is 323 g/mol. The Balaban J connectivity index is 2.03. The van der Waals surface area contributed by atoms with Crippen molar-refractivity contribution in [3.05, 3.63) is 64.1 Å². The van der Waals surface area contributed by atoms with Gasteiger partial charge in [0.25, 0.3) is 5.91 Å². The fourth-order valence-corrected chi connectivity index (χ4v) is 2.18. The van der Waals surface area contributed by atoms with E-state index in [0.29, 0.717) is 17.4 Å². The molecule has 0 N–H and O–H groups in total. The molecule has 2 rings (SSSR count). The molecule has 2 aromatic rings. The zero-order valence-corrected chi connectivity index (χ0v) is 12.6. The number of hydrogen-bond acceptors (Lipinski definition) is 2. The number of amides is 1. The van der Waals surface area contributed by atoms with Crippen LogP contribution in [0.25, 0.3) is 0 Å². The molecule has 0 unspecified atom stereocenters. The molecule has 5 heteroatoms. The molecule has 0 aliphatic rings. The molecule has 1 amide bonds. The van der Waals surface area contributed by atoms with E-state index < -0.39 is 5.82 Å². The highest BCUT2D eigenvalue weighted by Crippen LogP contribution is 2.17. The summed E-state index contributed by atoms with van der Waals surface area (Å²) < 4.78 is 14.4. The van der Waals surface area contributed by atoms with Crippen LogP contribution in [-0.2, 0) is 6.42 Å². The minimum Gasteiger partial charge on any atom is -0.341 e. The van der Waals surface area contributed by atoms with Crippen molar-refractivity contribution in [2.75, 3.05) is 13.6 Å². The molecule has 0 saturated carbocycles. The monoisotopic (exact) mass is 336 g/mol. The summed E-state index contributed by atoms with van der Waals surface area (Å²) >= 11 is 3.25. The number of hydrogen-bond donors (Lipinski definition) is 0. The molecule has 0 aliphatic carbocycles. The maximum Gasteiger partial charge on any atom is 0.256 e. The molecular formula is C15H14BrFN2O. The van der Waals surface area contributed by atoms with E-state index in [9.17, 15) is 9.18 Å². The summed E-state index contributed by atoms with van der Waals surface area (Å²) in [6.07, 6.45) is 4.14. The maximum atomic E-state index is 13.7. The van der Waals surface area contributed by atoms with E-state index in [0.717, 1.165) is 5.56 Å². The summed E-state index contributed by atoms with van der Waals surface area (Å²) in [6.45, 7) is 0.523. The molecule has 0 atom stereocenters. The fraction of sp³-hybridized carbons (Fsp3) is 0.200. The lowest BCUT2D eigenvalue weighted by Crippen LogP contribution is -2.29. The molecule has 1 aromatic heterocycles. The first-order valence-corrected chi connectivity index (χ1v) is 6.96. The normalized spacial score (nSPS) is 10.3. The molecule has 0 bridgehead atoms. The van der Waals surface area contributed by atoms with Crippen LogP contribution in [0.2, 0.25) is 0 Å². The molecule has 1 heterocycles. The minimum atomic E-state index is -0.506. The van der Waals surface area contributed by atoms with E-state index >= 15 is 0 Å². The van der Waals surface area contributed by atoms with Gasteiger partial charge in [0.2, 0.25) is 0 Å². The molecule has 0 saturated heterocycles. The standard InChI is InChI=1S/C15H14BrFN2O/c1-19(9-6-11-4-7-18-8-5-11)15(20)13-10-12(16)2-3-14(13)17/h2-5,7-8,10H,6,9H2,1H3. The Morgan fingerprint density at radius 1 is 1.30 bits per heavy atom. The van der Waals surface area contributed by atoms with Crippen molar-refractivity contribution in [3.63, 3.8) is 0 Å². The Morgan fingerprint density at radius 3 is 2.70 bits per heavy atom. The highest BCUT2D eigenvalue weighted by molar-refractivity contribution is 9.10. The fourth-order valence-electron chi connectivity index (χ4n) is 1.81. The van der Waals surface area contributed by atoms with Gasteiger partial charge in [-0.1, -0.05) is 15.9 Å². The first kappa shape index (κ1) is 14.7. The molecule has 0 radical (unpaired) electrons. The van der Waals surface area contributed by atoms with Crippen LogP contribution >= 0.6 is 15.9 Å². The van der Waals surface area contributed by atoms with Gasteiger partial charge in [-0.2, -0.15) is 0 Å². The van der Waals surface area contributed by atoms with Gasteiger partial charge in [0.15, 0.2) is 0 Å². The number of likely N-dealkylation sites (N-methyl/N-ethyl adjacent to an activating group) is 1. The third-order valence-electron chi connectivity index (χ3n) is 2.99. The van der Waals surface area contributed by atoms with Gasteiger partial charge in [0, 0.05) is 30.5 Å².